The molecule has 0 heterocycles. The molecule has 0 radical (unpaired) electrons. The second kappa shape index (κ2) is 5.20. The van der Waals surface area contributed by atoms with Gasteiger partial charge >= 0.3 is 0 Å². The molecule has 1 aromatic carbocycles. The van der Waals surface area contributed by atoms with Gasteiger partial charge in [0.05, 0.1) is 6.61 Å². The Bertz CT molecular complexity index is 317. The smallest absolute Gasteiger partial charge is 0.122 e. The predicted octanol–water partition coefficient (Wildman–Crippen LogP) is 3.74. The van der Waals surface area contributed by atoms with E-state index in [-0.39, 0.29) is 0 Å². The molecular formula is C14H20O. The van der Waals surface area contributed by atoms with E-state index in [4.69, 9.17) is 4.74 Å². The topological polar surface area (TPSA) is 9.23 Å². The molecule has 0 unspecified atom stereocenters. The molecule has 1 aliphatic rings. The molecule has 0 aliphatic heterocycles. The number of hydrogen-bond donors (Lipinski definition) is 0. The first-order chi connectivity index (χ1) is 7.42. The molecule has 1 aromatic rings. The van der Waals surface area contributed by atoms with E-state index in [2.05, 4.69) is 25.1 Å². The van der Waals surface area contributed by atoms with E-state index < -0.39 is 0 Å². The van der Waals surface area contributed by atoms with Gasteiger partial charge in [-0.05, 0) is 49.3 Å². The first kappa shape index (κ1) is 10.5. The summed E-state index contributed by atoms with van der Waals surface area (Å²) in [6, 6.07) is 6.52. The zero-order valence-corrected chi connectivity index (χ0v) is 9.59. The second-order valence-electron chi connectivity index (χ2n) is 4.30. The molecule has 0 spiro atoms. The number of hydrogen-bond acceptors (Lipinski definition) is 1. The second-order valence-corrected chi connectivity index (χ2v) is 4.30. The Morgan fingerprint density at radius 3 is 2.87 bits per heavy atom. The lowest BCUT2D eigenvalue weighted by Gasteiger charge is -2.12. The van der Waals surface area contributed by atoms with Crippen molar-refractivity contribution in [3.63, 3.8) is 0 Å². The van der Waals surface area contributed by atoms with Crippen molar-refractivity contribution >= 4 is 0 Å². The predicted molar refractivity (Wildman–Crippen MR) is 63.5 cm³/mol. The third-order valence-electron chi connectivity index (χ3n) is 3.06. The molecule has 1 aliphatic carbocycles. The van der Waals surface area contributed by atoms with Gasteiger partial charge in [0.25, 0.3) is 0 Å². The van der Waals surface area contributed by atoms with Crippen molar-refractivity contribution in [1.82, 2.24) is 0 Å². The molecule has 0 aromatic heterocycles. The highest BCUT2D eigenvalue weighted by Crippen LogP contribution is 2.28. The van der Waals surface area contributed by atoms with Crippen LogP contribution < -0.4 is 4.74 Å². The molecule has 0 amide bonds. The molecule has 1 nitrogen and oxygen atoms in total. The lowest BCUT2D eigenvalue weighted by atomic mass is 10.0. The van der Waals surface area contributed by atoms with Gasteiger partial charge in [-0.2, -0.15) is 0 Å². The Morgan fingerprint density at radius 1 is 1.13 bits per heavy atom. The zero-order valence-electron chi connectivity index (χ0n) is 9.59. The van der Waals surface area contributed by atoms with Crippen LogP contribution in [0.1, 0.15) is 43.7 Å². The molecule has 0 N–H and O–H groups in total. The maximum Gasteiger partial charge on any atom is 0.122 e. The van der Waals surface area contributed by atoms with Crippen molar-refractivity contribution in [2.24, 2.45) is 0 Å². The van der Waals surface area contributed by atoms with E-state index in [9.17, 15) is 0 Å². The van der Waals surface area contributed by atoms with Crippen LogP contribution in [0, 0.1) is 0 Å². The van der Waals surface area contributed by atoms with Gasteiger partial charge in [-0.3, -0.25) is 0 Å². The van der Waals surface area contributed by atoms with Gasteiger partial charge in [0.2, 0.25) is 0 Å². The monoisotopic (exact) mass is 204 g/mol. The lowest BCUT2D eigenvalue weighted by molar-refractivity contribution is 0.314. The van der Waals surface area contributed by atoms with Gasteiger partial charge in [0, 0.05) is 0 Å². The SMILES string of the molecule is CCCOc1cccc2c1CCCCC2. The van der Waals surface area contributed by atoms with E-state index >= 15 is 0 Å². The minimum Gasteiger partial charge on any atom is -0.493 e. The van der Waals surface area contributed by atoms with Crippen LogP contribution in [-0.2, 0) is 12.8 Å². The van der Waals surface area contributed by atoms with Gasteiger partial charge < -0.3 is 4.74 Å². The number of aryl methyl sites for hydroxylation is 1. The third kappa shape index (κ3) is 2.53. The molecule has 0 saturated heterocycles. The standard InChI is InChI=1S/C14H20O/c1-2-11-15-14-10-6-8-12-7-4-3-5-9-13(12)14/h6,8,10H,2-5,7,9,11H2,1H3. The van der Waals surface area contributed by atoms with E-state index in [1.54, 1.807) is 0 Å². The van der Waals surface area contributed by atoms with Gasteiger partial charge in [-0.25, -0.2) is 0 Å². The third-order valence-corrected chi connectivity index (χ3v) is 3.06. The quantitative estimate of drug-likeness (QED) is 0.681. The van der Waals surface area contributed by atoms with Crippen molar-refractivity contribution in [3.05, 3.63) is 29.3 Å². The molecule has 2 rings (SSSR count). The highest BCUT2D eigenvalue weighted by molar-refractivity contribution is 5.41. The Balaban J connectivity index is 2.22. The first-order valence-corrected chi connectivity index (χ1v) is 6.15. The largest absolute Gasteiger partial charge is 0.493 e. The summed E-state index contributed by atoms with van der Waals surface area (Å²) in [5.41, 5.74) is 2.99. The molecule has 0 saturated carbocycles. The van der Waals surface area contributed by atoms with Crippen molar-refractivity contribution in [2.45, 2.75) is 45.4 Å². The lowest BCUT2D eigenvalue weighted by Crippen LogP contribution is -2.01. The Kier molecular flexibility index (Phi) is 3.65. The van der Waals surface area contributed by atoms with Crippen LogP contribution in [0.3, 0.4) is 0 Å². The van der Waals surface area contributed by atoms with Gasteiger partial charge in [0.1, 0.15) is 5.75 Å². The van der Waals surface area contributed by atoms with Crippen LogP contribution in [0.25, 0.3) is 0 Å². The van der Waals surface area contributed by atoms with Gasteiger partial charge in [-0.1, -0.05) is 25.5 Å². The summed E-state index contributed by atoms with van der Waals surface area (Å²) in [5, 5.41) is 0. The van der Waals surface area contributed by atoms with Crippen molar-refractivity contribution in [3.8, 4) is 5.75 Å². The molecule has 15 heavy (non-hydrogen) atoms. The van der Waals surface area contributed by atoms with Gasteiger partial charge in [-0.15, -0.1) is 0 Å². The van der Waals surface area contributed by atoms with E-state index in [1.165, 1.54) is 43.2 Å². The zero-order chi connectivity index (χ0) is 10.5. The number of fused-ring (bicyclic) bond motifs is 1. The van der Waals surface area contributed by atoms with Crippen LogP contribution in [-0.4, -0.2) is 6.61 Å². The Hall–Kier alpha value is -0.980. The fraction of sp³-hybridized carbons (Fsp3) is 0.571. The summed E-state index contributed by atoms with van der Waals surface area (Å²) >= 11 is 0. The summed E-state index contributed by atoms with van der Waals surface area (Å²) in [6.07, 6.45) is 7.54. The minimum absolute atomic E-state index is 0.844. The van der Waals surface area contributed by atoms with E-state index in [0.29, 0.717) is 0 Å². The Labute approximate surface area is 92.5 Å². The molecule has 1 heteroatoms. The highest BCUT2D eigenvalue weighted by atomic mass is 16.5. The summed E-state index contributed by atoms with van der Waals surface area (Å²) < 4.78 is 5.81. The number of benzene rings is 1. The maximum atomic E-state index is 5.81. The van der Waals surface area contributed by atoms with Gasteiger partial charge in [0.15, 0.2) is 0 Å². The fourth-order valence-electron chi connectivity index (χ4n) is 2.27. The summed E-state index contributed by atoms with van der Waals surface area (Å²) in [5.74, 6) is 1.14. The van der Waals surface area contributed by atoms with Crippen LogP contribution >= 0.6 is 0 Å². The minimum atomic E-state index is 0.844. The van der Waals surface area contributed by atoms with E-state index in [1.807, 2.05) is 0 Å². The summed E-state index contributed by atoms with van der Waals surface area (Å²) in [7, 11) is 0. The van der Waals surface area contributed by atoms with Crippen molar-refractivity contribution in [1.29, 1.82) is 0 Å². The molecule has 0 bridgehead atoms. The van der Waals surface area contributed by atoms with Crippen LogP contribution in [0.2, 0.25) is 0 Å². The summed E-state index contributed by atoms with van der Waals surface area (Å²) in [6.45, 7) is 3.00. The van der Waals surface area contributed by atoms with Crippen molar-refractivity contribution in [2.75, 3.05) is 6.61 Å². The molecule has 0 fully saturated rings. The Morgan fingerprint density at radius 2 is 2.00 bits per heavy atom. The normalized spacial score (nSPS) is 15.5. The van der Waals surface area contributed by atoms with Crippen LogP contribution in [0.15, 0.2) is 18.2 Å². The van der Waals surface area contributed by atoms with Crippen LogP contribution in [0.5, 0.6) is 5.75 Å². The number of ether oxygens (including phenoxy) is 1. The fourth-order valence-corrected chi connectivity index (χ4v) is 2.27. The average Bonchev–Trinajstić information content (AvgIpc) is 2.51. The number of rotatable bonds is 3. The van der Waals surface area contributed by atoms with E-state index in [0.717, 1.165) is 18.8 Å². The first-order valence-electron chi connectivity index (χ1n) is 6.15. The molecule has 0 atom stereocenters. The summed E-state index contributed by atoms with van der Waals surface area (Å²) in [4.78, 5) is 0. The molecular weight excluding hydrogens is 184 g/mol. The van der Waals surface area contributed by atoms with Crippen LogP contribution in [0.4, 0.5) is 0 Å². The van der Waals surface area contributed by atoms with Crippen molar-refractivity contribution < 1.29 is 4.74 Å². The average molecular weight is 204 g/mol. The highest BCUT2D eigenvalue weighted by Gasteiger charge is 2.12. The maximum absolute atomic E-state index is 5.81. The molecule has 82 valence electrons.